The smallest absolute Gasteiger partial charge is 0.416 e. The van der Waals surface area contributed by atoms with Crippen molar-refractivity contribution in [3.8, 4) is 17.1 Å². The summed E-state index contributed by atoms with van der Waals surface area (Å²) < 4.78 is 62.6. The van der Waals surface area contributed by atoms with Gasteiger partial charge in [-0.15, -0.1) is 0 Å². The van der Waals surface area contributed by atoms with Crippen LogP contribution >= 0.6 is 0 Å². The van der Waals surface area contributed by atoms with Crippen LogP contribution < -0.4 is 15.4 Å². The summed E-state index contributed by atoms with van der Waals surface area (Å²) >= 11 is 0. The van der Waals surface area contributed by atoms with Crippen molar-refractivity contribution in [2.24, 2.45) is 4.99 Å². The normalized spacial score (nSPS) is 14.2. The number of allylic oxidation sites excluding steroid dienone is 5. The number of hydrogen-bond acceptors (Lipinski definition) is 5. The lowest BCUT2D eigenvalue weighted by Gasteiger charge is -2.19. The molecular formula is C39H35F4N5O. The molecule has 5 aromatic rings. The van der Waals surface area contributed by atoms with Crippen molar-refractivity contribution >= 4 is 28.7 Å². The zero-order valence-corrected chi connectivity index (χ0v) is 27.4. The second-order valence-electron chi connectivity index (χ2n) is 11.7. The van der Waals surface area contributed by atoms with Crippen LogP contribution in [0.2, 0.25) is 0 Å². The maximum Gasteiger partial charge on any atom is 0.416 e. The Morgan fingerprint density at radius 3 is 2.47 bits per heavy atom. The van der Waals surface area contributed by atoms with Gasteiger partial charge in [-0.05, 0) is 86.0 Å². The fourth-order valence-corrected chi connectivity index (χ4v) is 6.16. The van der Waals surface area contributed by atoms with Crippen molar-refractivity contribution in [2.45, 2.75) is 39.4 Å². The number of nitrogens with zero attached hydrogens (tertiary/aromatic N) is 3. The number of halogens is 4. The molecule has 10 heteroatoms. The van der Waals surface area contributed by atoms with Gasteiger partial charge >= 0.3 is 6.18 Å². The Morgan fingerprint density at radius 2 is 1.71 bits per heavy atom. The number of hydrogen-bond donors (Lipinski definition) is 2. The minimum Gasteiger partial charge on any atom is -0.481 e. The Balaban J connectivity index is 1.41. The van der Waals surface area contributed by atoms with E-state index in [1.165, 1.54) is 12.1 Å². The van der Waals surface area contributed by atoms with Crippen molar-refractivity contribution in [3.05, 3.63) is 143 Å². The molecule has 3 heterocycles. The second-order valence-corrected chi connectivity index (χ2v) is 11.7. The highest BCUT2D eigenvalue weighted by molar-refractivity contribution is 5.96. The molecule has 0 radical (unpaired) electrons. The largest absolute Gasteiger partial charge is 0.481 e. The number of aliphatic imine (C=N–C) groups is 1. The first-order valence-corrected chi connectivity index (χ1v) is 15.8. The summed E-state index contributed by atoms with van der Waals surface area (Å²) in [6, 6.07) is 23.3. The highest BCUT2D eigenvalue weighted by atomic mass is 19.4. The summed E-state index contributed by atoms with van der Waals surface area (Å²) in [7, 11) is 1.59. The maximum absolute atomic E-state index is 14.8. The molecule has 0 saturated heterocycles. The van der Waals surface area contributed by atoms with Crippen molar-refractivity contribution < 1.29 is 22.3 Å². The average molecular weight is 666 g/mol. The molecule has 0 bridgehead atoms. The van der Waals surface area contributed by atoms with E-state index in [2.05, 4.69) is 15.6 Å². The van der Waals surface area contributed by atoms with Crippen LogP contribution in [-0.2, 0) is 6.18 Å². The van der Waals surface area contributed by atoms with Gasteiger partial charge in [0.25, 0.3) is 0 Å². The molecule has 1 atom stereocenters. The van der Waals surface area contributed by atoms with Crippen LogP contribution in [0.15, 0.2) is 120 Å². The fraction of sp³-hybridized carbons (Fsp3) is 0.179. The summed E-state index contributed by atoms with van der Waals surface area (Å²) in [6.07, 6.45) is 3.24. The predicted molar refractivity (Wildman–Crippen MR) is 188 cm³/mol. The molecule has 6 nitrogen and oxygen atoms in total. The monoisotopic (exact) mass is 665 g/mol. The predicted octanol–water partition coefficient (Wildman–Crippen LogP) is 10.4. The topological polar surface area (TPSA) is 63.0 Å². The van der Waals surface area contributed by atoms with Crippen LogP contribution in [0.25, 0.3) is 22.3 Å². The van der Waals surface area contributed by atoms with Gasteiger partial charge in [-0.25, -0.2) is 9.38 Å². The number of nitrogens with one attached hydrogen (secondary N) is 2. The van der Waals surface area contributed by atoms with Gasteiger partial charge in [-0.3, -0.25) is 0 Å². The zero-order chi connectivity index (χ0) is 34.7. The first-order chi connectivity index (χ1) is 23.6. The van der Waals surface area contributed by atoms with Crippen LogP contribution in [0.1, 0.15) is 48.6 Å². The van der Waals surface area contributed by atoms with Gasteiger partial charge in [-0.2, -0.15) is 22.8 Å². The number of pyridine rings is 1. The molecule has 0 saturated carbocycles. The summed E-state index contributed by atoms with van der Waals surface area (Å²) in [6.45, 7) is 5.69. The molecule has 0 amide bonds. The number of aromatic nitrogens is 2. The van der Waals surface area contributed by atoms with Gasteiger partial charge in [-0.1, -0.05) is 48.6 Å². The quantitative estimate of drug-likeness (QED) is 0.154. The van der Waals surface area contributed by atoms with E-state index in [1.807, 2.05) is 87.5 Å². The Labute approximate surface area is 282 Å². The SMILES string of the molecule is C/C=C/C1=C(Nc2cccc(C(F)(F)F)c2)N=CC=C(c2c(-c3cccc(NC(C)c4c(C)cccc4F)c3)nn3c(OC)cccc23)C1. The number of fused-ring (bicyclic) bond motifs is 1. The van der Waals surface area contributed by atoms with Crippen molar-refractivity contribution in [1.29, 1.82) is 0 Å². The van der Waals surface area contributed by atoms with Crippen LogP contribution in [0, 0.1) is 12.7 Å². The van der Waals surface area contributed by atoms with E-state index in [1.54, 1.807) is 30.0 Å². The average Bonchev–Trinajstić information content (AvgIpc) is 3.36. The second kappa shape index (κ2) is 13.8. The number of alkyl halides is 3. The molecule has 0 aliphatic carbocycles. The molecule has 6 rings (SSSR count). The molecule has 2 aromatic heterocycles. The molecular weight excluding hydrogens is 630 g/mol. The lowest BCUT2D eigenvalue weighted by molar-refractivity contribution is -0.137. The van der Waals surface area contributed by atoms with E-state index in [-0.39, 0.29) is 17.5 Å². The molecule has 250 valence electrons. The van der Waals surface area contributed by atoms with Crippen molar-refractivity contribution in [1.82, 2.24) is 9.61 Å². The molecule has 1 aliphatic heterocycles. The highest BCUT2D eigenvalue weighted by Gasteiger charge is 2.30. The fourth-order valence-electron chi connectivity index (χ4n) is 6.16. The summed E-state index contributed by atoms with van der Waals surface area (Å²) in [4.78, 5) is 4.62. The minimum atomic E-state index is -4.47. The van der Waals surface area contributed by atoms with Gasteiger partial charge in [0.15, 0.2) is 0 Å². The Morgan fingerprint density at radius 1 is 0.959 bits per heavy atom. The highest BCUT2D eigenvalue weighted by Crippen LogP contribution is 2.39. The first kappa shape index (κ1) is 33.3. The van der Waals surface area contributed by atoms with E-state index in [0.29, 0.717) is 29.4 Å². The number of benzene rings is 3. The van der Waals surface area contributed by atoms with Gasteiger partial charge in [0.05, 0.1) is 24.2 Å². The standard InChI is InChI=1S/C39H35F4N5O/c1-5-10-28-21-26(19-20-44-38(28)46-31-15-8-13-29(23-31)39(41,42)43)36-33-17-9-18-34(49-4)48(33)47-37(36)27-12-7-14-30(22-27)45-25(3)35-24(2)11-6-16-32(35)40/h5-20,22-23,25,45-46H,21H2,1-4H3/b10-5+. The van der Waals surface area contributed by atoms with E-state index in [0.717, 1.165) is 51.2 Å². The third kappa shape index (κ3) is 6.99. The van der Waals surface area contributed by atoms with E-state index in [9.17, 15) is 17.6 Å². The van der Waals surface area contributed by atoms with Gasteiger partial charge in [0, 0.05) is 46.8 Å². The van der Waals surface area contributed by atoms with Crippen molar-refractivity contribution in [3.63, 3.8) is 0 Å². The maximum atomic E-state index is 14.8. The van der Waals surface area contributed by atoms with Crippen LogP contribution in [0.3, 0.4) is 0 Å². The van der Waals surface area contributed by atoms with Crippen molar-refractivity contribution in [2.75, 3.05) is 17.7 Å². The third-order valence-corrected chi connectivity index (χ3v) is 8.36. The number of rotatable bonds is 9. The van der Waals surface area contributed by atoms with E-state index in [4.69, 9.17) is 9.84 Å². The molecule has 2 N–H and O–H groups in total. The minimum absolute atomic E-state index is 0.264. The number of ether oxygens (including phenoxy) is 1. The molecule has 1 unspecified atom stereocenters. The van der Waals surface area contributed by atoms with Gasteiger partial charge in [0.2, 0.25) is 5.88 Å². The lowest BCUT2D eigenvalue weighted by atomic mass is 9.94. The third-order valence-electron chi connectivity index (χ3n) is 8.36. The van der Waals surface area contributed by atoms with E-state index < -0.39 is 11.7 Å². The van der Waals surface area contributed by atoms with E-state index >= 15 is 0 Å². The zero-order valence-electron chi connectivity index (χ0n) is 27.4. The molecule has 1 aliphatic rings. The van der Waals surface area contributed by atoms with Crippen LogP contribution in [0.4, 0.5) is 28.9 Å². The molecule has 3 aromatic carbocycles. The molecule has 0 fully saturated rings. The van der Waals surface area contributed by atoms with Gasteiger partial charge in [0.1, 0.15) is 17.3 Å². The van der Waals surface area contributed by atoms with Crippen LogP contribution in [0.5, 0.6) is 5.88 Å². The lowest BCUT2D eigenvalue weighted by Crippen LogP contribution is -2.10. The Bertz CT molecular complexity index is 2120. The first-order valence-electron chi connectivity index (χ1n) is 15.8. The number of methoxy groups -OCH3 is 1. The van der Waals surface area contributed by atoms with Gasteiger partial charge < -0.3 is 15.4 Å². The van der Waals surface area contributed by atoms with Crippen LogP contribution in [-0.4, -0.2) is 22.9 Å². The number of aryl methyl sites for hydroxylation is 1. The number of anilines is 2. The Kier molecular flexibility index (Phi) is 9.40. The summed E-state index contributed by atoms with van der Waals surface area (Å²) in [5.74, 6) is 0.713. The molecule has 0 spiro atoms. The summed E-state index contributed by atoms with van der Waals surface area (Å²) in [5.41, 5.74) is 6.62. The Hall–Kier alpha value is -5.64. The molecule has 49 heavy (non-hydrogen) atoms. The summed E-state index contributed by atoms with van der Waals surface area (Å²) in [5, 5.41) is 11.6.